The van der Waals surface area contributed by atoms with Crippen LogP contribution in [0.5, 0.6) is 0 Å². The molecular formula is C25H33N5O2. The summed E-state index contributed by atoms with van der Waals surface area (Å²) >= 11 is 0. The van der Waals surface area contributed by atoms with Gasteiger partial charge in [0.25, 0.3) is 5.56 Å². The average Bonchev–Trinajstić information content (AvgIpc) is 3.31. The van der Waals surface area contributed by atoms with Gasteiger partial charge in [0.1, 0.15) is 5.82 Å². The first kappa shape index (κ1) is 21.3. The standard InChI is InChI=1S/C25H33N5O2/c31-23(15-19-9-4-5-12-26-19)30-13-6-10-22(30)24-27-21-11-14-29(17-20(21)25(32)28-24)16-18-7-2-1-3-8-18/h4-5,9,12,18,22H,1-3,6-8,10-11,13-17H2,(H,27,28,32)/t22-/m0/s1. The lowest BCUT2D eigenvalue weighted by molar-refractivity contribution is -0.131. The summed E-state index contributed by atoms with van der Waals surface area (Å²) in [6.07, 6.45) is 11.3. The summed E-state index contributed by atoms with van der Waals surface area (Å²) in [6, 6.07) is 5.48. The molecule has 0 spiro atoms. The molecule has 2 aromatic heterocycles. The molecule has 0 radical (unpaired) electrons. The Kier molecular flexibility index (Phi) is 6.35. The summed E-state index contributed by atoms with van der Waals surface area (Å²) in [6.45, 7) is 3.46. The topological polar surface area (TPSA) is 82.2 Å². The molecule has 3 aliphatic rings. The molecule has 0 unspecified atom stereocenters. The summed E-state index contributed by atoms with van der Waals surface area (Å²) in [7, 11) is 0. The van der Waals surface area contributed by atoms with Crippen LogP contribution in [0.2, 0.25) is 0 Å². The Morgan fingerprint density at radius 2 is 1.97 bits per heavy atom. The molecule has 2 aliphatic heterocycles. The number of rotatable bonds is 5. The van der Waals surface area contributed by atoms with Crippen LogP contribution in [0.3, 0.4) is 0 Å². The number of aromatic nitrogens is 3. The highest BCUT2D eigenvalue weighted by Gasteiger charge is 2.33. The Bertz CT molecular complexity index is 999. The number of amides is 1. The van der Waals surface area contributed by atoms with E-state index in [9.17, 15) is 9.59 Å². The normalized spacial score (nSPS) is 22.1. The molecule has 1 aliphatic carbocycles. The van der Waals surface area contributed by atoms with Crippen LogP contribution in [-0.4, -0.2) is 50.3 Å². The average molecular weight is 436 g/mol. The van der Waals surface area contributed by atoms with Crippen molar-refractivity contribution in [2.24, 2.45) is 5.92 Å². The van der Waals surface area contributed by atoms with Crippen LogP contribution in [0.1, 0.15) is 73.8 Å². The van der Waals surface area contributed by atoms with Crippen molar-refractivity contribution in [1.29, 1.82) is 0 Å². The maximum Gasteiger partial charge on any atom is 0.255 e. The first-order valence-electron chi connectivity index (χ1n) is 12.2. The molecule has 32 heavy (non-hydrogen) atoms. The third-order valence-corrected chi connectivity index (χ3v) is 7.35. The van der Waals surface area contributed by atoms with Gasteiger partial charge < -0.3 is 9.88 Å². The monoisotopic (exact) mass is 435 g/mol. The lowest BCUT2D eigenvalue weighted by Crippen LogP contribution is -2.40. The van der Waals surface area contributed by atoms with Crippen molar-refractivity contribution in [3.63, 3.8) is 0 Å². The predicted molar refractivity (Wildman–Crippen MR) is 122 cm³/mol. The number of carbonyl (C=O) groups is 1. The van der Waals surface area contributed by atoms with Crippen molar-refractivity contribution in [2.45, 2.75) is 70.4 Å². The molecule has 7 nitrogen and oxygen atoms in total. The van der Waals surface area contributed by atoms with E-state index in [0.29, 0.717) is 18.9 Å². The van der Waals surface area contributed by atoms with Crippen LogP contribution in [0.4, 0.5) is 0 Å². The van der Waals surface area contributed by atoms with E-state index >= 15 is 0 Å². The van der Waals surface area contributed by atoms with E-state index in [0.717, 1.165) is 55.2 Å². The third-order valence-electron chi connectivity index (χ3n) is 7.35. The molecule has 2 aromatic rings. The van der Waals surface area contributed by atoms with Crippen molar-refractivity contribution in [2.75, 3.05) is 19.6 Å². The number of H-pyrrole nitrogens is 1. The number of fused-ring (bicyclic) bond motifs is 1. The Balaban J connectivity index is 1.29. The minimum Gasteiger partial charge on any atom is -0.332 e. The molecule has 4 heterocycles. The van der Waals surface area contributed by atoms with Crippen molar-refractivity contribution in [3.8, 4) is 0 Å². The van der Waals surface area contributed by atoms with Gasteiger partial charge >= 0.3 is 0 Å². The highest BCUT2D eigenvalue weighted by Crippen LogP contribution is 2.31. The number of nitrogens with zero attached hydrogens (tertiary/aromatic N) is 4. The molecule has 2 fully saturated rings. The summed E-state index contributed by atoms with van der Waals surface area (Å²) in [5.41, 5.74) is 2.49. The van der Waals surface area contributed by atoms with Gasteiger partial charge in [-0.25, -0.2) is 4.98 Å². The largest absolute Gasteiger partial charge is 0.332 e. The number of pyridine rings is 1. The number of nitrogens with one attached hydrogen (secondary N) is 1. The molecule has 1 amide bonds. The zero-order valence-electron chi connectivity index (χ0n) is 18.8. The fourth-order valence-electron chi connectivity index (χ4n) is 5.66. The molecule has 7 heteroatoms. The second-order valence-electron chi connectivity index (χ2n) is 9.61. The van der Waals surface area contributed by atoms with Crippen LogP contribution in [0, 0.1) is 5.92 Å². The van der Waals surface area contributed by atoms with Gasteiger partial charge in [-0.2, -0.15) is 0 Å². The van der Waals surface area contributed by atoms with Gasteiger partial charge in [0, 0.05) is 44.5 Å². The van der Waals surface area contributed by atoms with E-state index in [-0.39, 0.29) is 23.9 Å². The van der Waals surface area contributed by atoms with E-state index in [2.05, 4.69) is 14.9 Å². The van der Waals surface area contributed by atoms with Gasteiger partial charge in [0.05, 0.1) is 23.7 Å². The summed E-state index contributed by atoms with van der Waals surface area (Å²) in [5.74, 6) is 1.47. The Morgan fingerprint density at radius 1 is 1.09 bits per heavy atom. The molecule has 1 saturated carbocycles. The van der Waals surface area contributed by atoms with Gasteiger partial charge in [-0.3, -0.25) is 19.5 Å². The highest BCUT2D eigenvalue weighted by atomic mass is 16.2. The van der Waals surface area contributed by atoms with E-state index in [1.165, 1.54) is 32.1 Å². The van der Waals surface area contributed by atoms with Crippen molar-refractivity contribution in [1.82, 2.24) is 24.8 Å². The molecule has 0 aromatic carbocycles. The maximum atomic E-state index is 13.0. The van der Waals surface area contributed by atoms with Crippen LogP contribution in [-0.2, 0) is 24.2 Å². The fourth-order valence-corrected chi connectivity index (χ4v) is 5.66. The van der Waals surface area contributed by atoms with Gasteiger partial charge in [0.2, 0.25) is 5.91 Å². The molecule has 0 bridgehead atoms. The number of hydrogen-bond donors (Lipinski definition) is 1. The summed E-state index contributed by atoms with van der Waals surface area (Å²) < 4.78 is 0. The molecule has 5 rings (SSSR count). The minimum absolute atomic E-state index is 0.0256. The number of hydrogen-bond acceptors (Lipinski definition) is 5. The molecule has 1 saturated heterocycles. The summed E-state index contributed by atoms with van der Waals surface area (Å²) in [5, 5.41) is 0. The van der Waals surface area contributed by atoms with E-state index in [1.807, 2.05) is 23.1 Å². The highest BCUT2D eigenvalue weighted by molar-refractivity contribution is 5.79. The van der Waals surface area contributed by atoms with Crippen LogP contribution >= 0.6 is 0 Å². The second kappa shape index (κ2) is 9.53. The lowest BCUT2D eigenvalue weighted by atomic mass is 9.88. The zero-order valence-corrected chi connectivity index (χ0v) is 18.8. The van der Waals surface area contributed by atoms with E-state index in [4.69, 9.17) is 4.98 Å². The van der Waals surface area contributed by atoms with Crippen molar-refractivity contribution < 1.29 is 4.79 Å². The Morgan fingerprint density at radius 3 is 2.78 bits per heavy atom. The van der Waals surface area contributed by atoms with Gasteiger partial charge in [-0.05, 0) is 43.7 Å². The summed E-state index contributed by atoms with van der Waals surface area (Å²) in [4.78, 5) is 42.5. The maximum absolute atomic E-state index is 13.0. The smallest absolute Gasteiger partial charge is 0.255 e. The van der Waals surface area contributed by atoms with E-state index in [1.54, 1.807) is 6.20 Å². The van der Waals surface area contributed by atoms with Crippen LogP contribution < -0.4 is 5.56 Å². The third kappa shape index (κ3) is 4.63. The first-order chi connectivity index (χ1) is 15.7. The van der Waals surface area contributed by atoms with Gasteiger partial charge in [-0.1, -0.05) is 25.3 Å². The predicted octanol–water partition coefficient (Wildman–Crippen LogP) is 3.01. The zero-order chi connectivity index (χ0) is 21.9. The molecule has 1 atom stereocenters. The Hall–Kier alpha value is -2.54. The number of aromatic amines is 1. The molecule has 1 N–H and O–H groups in total. The number of carbonyl (C=O) groups excluding carboxylic acids is 1. The molecule has 170 valence electrons. The number of likely N-dealkylation sites (tertiary alicyclic amines) is 1. The van der Waals surface area contributed by atoms with Crippen molar-refractivity contribution >= 4 is 5.91 Å². The quantitative estimate of drug-likeness (QED) is 0.781. The van der Waals surface area contributed by atoms with Crippen LogP contribution in [0.15, 0.2) is 29.2 Å². The van der Waals surface area contributed by atoms with Crippen LogP contribution in [0.25, 0.3) is 0 Å². The molecular weight excluding hydrogens is 402 g/mol. The lowest BCUT2D eigenvalue weighted by Gasteiger charge is -2.33. The Labute approximate surface area is 189 Å². The van der Waals surface area contributed by atoms with Gasteiger partial charge in [0.15, 0.2) is 0 Å². The second-order valence-corrected chi connectivity index (χ2v) is 9.61. The first-order valence-corrected chi connectivity index (χ1v) is 12.2. The van der Waals surface area contributed by atoms with Gasteiger partial charge in [-0.15, -0.1) is 0 Å². The van der Waals surface area contributed by atoms with Crippen molar-refractivity contribution in [3.05, 3.63) is 57.5 Å². The SMILES string of the molecule is O=C(Cc1ccccn1)N1CCC[C@H]1c1nc2c(c(=O)[nH]1)CN(CC1CCCCC1)CC2. The fraction of sp³-hybridized carbons (Fsp3) is 0.600. The van der Waals surface area contributed by atoms with E-state index < -0.39 is 0 Å². The minimum atomic E-state index is -0.149.